The summed E-state index contributed by atoms with van der Waals surface area (Å²) in [6, 6.07) is 8.41. The molecule has 0 radical (unpaired) electrons. The van der Waals surface area contributed by atoms with Gasteiger partial charge in [-0.15, -0.1) is 0 Å². The maximum Gasteiger partial charge on any atom is 0.238 e. The van der Waals surface area contributed by atoms with Crippen molar-refractivity contribution < 1.29 is 4.79 Å². The van der Waals surface area contributed by atoms with E-state index in [1.807, 2.05) is 18.2 Å². The smallest absolute Gasteiger partial charge is 0.238 e. The first-order valence-electron chi connectivity index (χ1n) is 8.02. The van der Waals surface area contributed by atoms with Crippen molar-refractivity contribution in [3.63, 3.8) is 0 Å². The number of carbonyl (C=O) groups is 1. The average Bonchev–Trinajstić information content (AvgIpc) is 3.01. The molecule has 1 aliphatic heterocycles. The number of hydrogen-bond donors (Lipinski definition) is 2. The molecular weight excluding hydrogens is 262 g/mol. The second kappa shape index (κ2) is 6.16. The van der Waals surface area contributed by atoms with Gasteiger partial charge in [0.05, 0.1) is 6.54 Å². The highest BCUT2D eigenvalue weighted by atomic mass is 16.2. The standard InChI is InChI=1S/C17H25N3O/c1-2-12-4-3-5-14(8-12)19-17(21)11-20-9-13-6-7-16(18)15(13)10-20/h3-5,8,13,15-16H,2,6-7,9-11,18H2,1H3,(H,19,21). The number of amides is 1. The van der Waals surface area contributed by atoms with Gasteiger partial charge in [0.2, 0.25) is 5.91 Å². The quantitative estimate of drug-likeness (QED) is 0.888. The summed E-state index contributed by atoms with van der Waals surface area (Å²) in [4.78, 5) is 14.4. The van der Waals surface area contributed by atoms with E-state index in [2.05, 4.69) is 23.2 Å². The molecule has 21 heavy (non-hydrogen) atoms. The van der Waals surface area contributed by atoms with E-state index in [4.69, 9.17) is 5.73 Å². The van der Waals surface area contributed by atoms with E-state index in [0.29, 0.717) is 24.4 Å². The van der Waals surface area contributed by atoms with Gasteiger partial charge in [-0.25, -0.2) is 0 Å². The molecule has 114 valence electrons. The van der Waals surface area contributed by atoms with Gasteiger partial charge >= 0.3 is 0 Å². The maximum absolute atomic E-state index is 12.2. The SMILES string of the molecule is CCc1cccc(NC(=O)CN2CC3CCC(N)C3C2)c1. The van der Waals surface area contributed by atoms with Crippen LogP contribution < -0.4 is 11.1 Å². The zero-order chi connectivity index (χ0) is 14.8. The molecule has 1 aromatic rings. The molecule has 4 heteroatoms. The van der Waals surface area contributed by atoms with E-state index in [9.17, 15) is 4.79 Å². The number of nitrogens with two attached hydrogens (primary N) is 1. The normalized spacial score (nSPS) is 28.6. The van der Waals surface area contributed by atoms with Crippen LogP contribution >= 0.6 is 0 Å². The molecule has 1 amide bonds. The summed E-state index contributed by atoms with van der Waals surface area (Å²) in [5.74, 6) is 1.38. The molecule has 1 saturated heterocycles. The lowest BCUT2D eigenvalue weighted by Gasteiger charge is -2.18. The number of carbonyl (C=O) groups excluding carboxylic acids is 1. The van der Waals surface area contributed by atoms with E-state index in [1.54, 1.807) is 0 Å². The second-order valence-electron chi connectivity index (χ2n) is 6.46. The molecule has 2 fully saturated rings. The third-order valence-corrected chi connectivity index (χ3v) is 4.97. The summed E-state index contributed by atoms with van der Waals surface area (Å²) >= 11 is 0. The van der Waals surface area contributed by atoms with Gasteiger partial charge in [0.15, 0.2) is 0 Å². The molecule has 1 aromatic carbocycles. The highest BCUT2D eigenvalue weighted by molar-refractivity contribution is 5.92. The first-order valence-corrected chi connectivity index (χ1v) is 8.02. The Bertz CT molecular complexity index is 517. The minimum atomic E-state index is 0.0804. The Hall–Kier alpha value is -1.39. The minimum absolute atomic E-state index is 0.0804. The third kappa shape index (κ3) is 3.27. The number of likely N-dealkylation sites (tertiary alicyclic amines) is 1. The van der Waals surface area contributed by atoms with Gasteiger partial charge < -0.3 is 11.1 Å². The Kier molecular flexibility index (Phi) is 4.27. The van der Waals surface area contributed by atoms with Gasteiger partial charge in [-0.2, -0.15) is 0 Å². The highest BCUT2D eigenvalue weighted by Crippen LogP contribution is 2.36. The van der Waals surface area contributed by atoms with Crippen LogP contribution in [0.25, 0.3) is 0 Å². The molecule has 0 bridgehead atoms. The minimum Gasteiger partial charge on any atom is -0.327 e. The molecule has 0 aromatic heterocycles. The molecule has 1 aliphatic carbocycles. The van der Waals surface area contributed by atoms with E-state index in [-0.39, 0.29) is 5.91 Å². The van der Waals surface area contributed by atoms with E-state index in [0.717, 1.165) is 31.6 Å². The zero-order valence-corrected chi connectivity index (χ0v) is 12.7. The van der Waals surface area contributed by atoms with E-state index < -0.39 is 0 Å². The molecule has 2 aliphatic rings. The number of nitrogens with one attached hydrogen (secondary N) is 1. The van der Waals surface area contributed by atoms with Crippen LogP contribution in [0.4, 0.5) is 5.69 Å². The monoisotopic (exact) mass is 287 g/mol. The summed E-state index contributed by atoms with van der Waals surface area (Å²) in [5, 5.41) is 3.01. The van der Waals surface area contributed by atoms with Gasteiger partial charge in [0.25, 0.3) is 0 Å². The Morgan fingerprint density at radius 3 is 3.00 bits per heavy atom. The van der Waals surface area contributed by atoms with Crippen molar-refractivity contribution in [1.82, 2.24) is 4.90 Å². The van der Waals surface area contributed by atoms with Crippen LogP contribution in [-0.4, -0.2) is 36.5 Å². The molecule has 1 heterocycles. The Morgan fingerprint density at radius 1 is 1.38 bits per heavy atom. The second-order valence-corrected chi connectivity index (χ2v) is 6.46. The zero-order valence-electron chi connectivity index (χ0n) is 12.7. The van der Waals surface area contributed by atoms with Gasteiger partial charge in [-0.1, -0.05) is 19.1 Å². The summed E-state index contributed by atoms with van der Waals surface area (Å²) < 4.78 is 0. The van der Waals surface area contributed by atoms with Crippen molar-refractivity contribution in [2.45, 2.75) is 32.2 Å². The number of aryl methyl sites for hydroxylation is 1. The fourth-order valence-corrected chi connectivity index (χ4v) is 3.80. The van der Waals surface area contributed by atoms with Crippen molar-refractivity contribution in [1.29, 1.82) is 0 Å². The van der Waals surface area contributed by atoms with Crippen molar-refractivity contribution in [3.8, 4) is 0 Å². The number of hydrogen-bond acceptors (Lipinski definition) is 3. The maximum atomic E-state index is 12.2. The number of rotatable bonds is 4. The molecule has 1 saturated carbocycles. The molecular formula is C17H25N3O. The fourth-order valence-electron chi connectivity index (χ4n) is 3.80. The van der Waals surface area contributed by atoms with E-state index >= 15 is 0 Å². The lowest BCUT2D eigenvalue weighted by Crippen LogP contribution is -2.34. The van der Waals surface area contributed by atoms with Crippen LogP contribution in [0.5, 0.6) is 0 Å². The van der Waals surface area contributed by atoms with Crippen LogP contribution in [0.1, 0.15) is 25.3 Å². The van der Waals surface area contributed by atoms with Crippen LogP contribution in [-0.2, 0) is 11.2 Å². The van der Waals surface area contributed by atoms with Crippen LogP contribution in [0, 0.1) is 11.8 Å². The summed E-state index contributed by atoms with van der Waals surface area (Å²) in [7, 11) is 0. The summed E-state index contributed by atoms with van der Waals surface area (Å²) in [5.41, 5.74) is 8.28. The summed E-state index contributed by atoms with van der Waals surface area (Å²) in [6.07, 6.45) is 3.36. The van der Waals surface area contributed by atoms with Crippen LogP contribution in [0.15, 0.2) is 24.3 Å². The molecule has 3 rings (SSSR count). The third-order valence-electron chi connectivity index (χ3n) is 4.97. The Labute approximate surface area is 126 Å². The van der Waals surface area contributed by atoms with Gasteiger partial charge in [-0.05, 0) is 48.8 Å². The van der Waals surface area contributed by atoms with Crippen LogP contribution in [0.2, 0.25) is 0 Å². The average molecular weight is 287 g/mol. The predicted octanol–water partition coefficient (Wildman–Crippen LogP) is 1.86. The van der Waals surface area contributed by atoms with Crippen molar-refractivity contribution in [2.75, 3.05) is 25.0 Å². The largest absolute Gasteiger partial charge is 0.327 e. The van der Waals surface area contributed by atoms with Gasteiger partial charge in [0.1, 0.15) is 0 Å². The van der Waals surface area contributed by atoms with Crippen molar-refractivity contribution in [2.24, 2.45) is 17.6 Å². The first kappa shape index (κ1) is 14.5. The number of benzene rings is 1. The first-order chi connectivity index (χ1) is 10.2. The Balaban J connectivity index is 1.53. The topological polar surface area (TPSA) is 58.4 Å². The molecule has 0 spiro atoms. The lowest BCUT2D eigenvalue weighted by atomic mass is 9.98. The number of fused-ring (bicyclic) bond motifs is 1. The van der Waals surface area contributed by atoms with Gasteiger partial charge in [-0.3, -0.25) is 9.69 Å². The van der Waals surface area contributed by atoms with Crippen molar-refractivity contribution in [3.05, 3.63) is 29.8 Å². The fraction of sp³-hybridized carbons (Fsp3) is 0.588. The molecule has 3 unspecified atom stereocenters. The predicted molar refractivity (Wildman–Crippen MR) is 85.1 cm³/mol. The highest BCUT2D eigenvalue weighted by Gasteiger charge is 2.41. The molecule has 4 nitrogen and oxygen atoms in total. The van der Waals surface area contributed by atoms with Crippen molar-refractivity contribution >= 4 is 11.6 Å². The van der Waals surface area contributed by atoms with E-state index in [1.165, 1.54) is 12.0 Å². The summed E-state index contributed by atoms with van der Waals surface area (Å²) in [6.45, 7) is 4.61. The molecule has 3 N–H and O–H groups in total. The van der Waals surface area contributed by atoms with Crippen LogP contribution in [0.3, 0.4) is 0 Å². The Morgan fingerprint density at radius 2 is 2.24 bits per heavy atom. The lowest BCUT2D eigenvalue weighted by molar-refractivity contribution is -0.117. The van der Waals surface area contributed by atoms with Gasteiger partial charge in [0, 0.05) is 24.8 Å². The number of nitrogens with zero attached hydrogens (tertiary/aromatic N) is 1. The molecule has 3 atom stereocenters. The number of anilines is 1.